The summed E-state index contributed by atoms with van der Waals surface area (Å²) in [6.45, 7) is 7.45. The molecule has 2 fully saturated rings. The van der Waals surface area contributed by atoms with Crippen LogP contribution < -0.4 is 15.2 Å². The second-order valence-corrected chi connectivity index (χ2v) is 9.44. The Labute approximate surface area is 181 Å². The van der Waals surface area contributed by atoms with Crippen LogP contribution in [-0.2, 0) is 6.54 Å². The minimum Gasteiger partial charge on any atom is -0.493 e. The second kappa shape index (κ2) is 8.99. The zero-order valence-electron chi connectivity index (χ0n) is 18.6. The lowest BCUT2D eigenvalue weighted by Crippen LogP contribution is -2.42. The summed E-state index contributed by atoms with van der Waals surface area (Å²) in [5, 5.41) is 0. The third-order valence-electron chi connectivity index (χ3n) is 7.28. The molecule has 1 saturated carbocycles. The van der Waals surface area contributed by atoms with E-state index >= 15 is 0 Å². The molecule has 0 radical (unpaired) electrons. The molecule has 0 spiro atoms. The lowest BCUT2D eigenvalue weighted by Gasteiger charge is -2.35. The molecular weight excluding hydrogens is 372 g/mol. The highest BCUT2D eigenvalue weighted by molar-refractivity contribution is 5.45. The predicted molar refractivity (Wildman–Crippen MR) is 122 cm³/mol. The first-order valence-corrected chi connectivity index (χ1v) is 11.4. The number of hydrogen-bond donors (Lipinski definition) is 1. The Kier molecular flexibility index (Phi) is 6.35. The Hall–Kier alpha value is -2.04. The van der Waals surface area contributed by atoms with E-state index in [0.717, 1.165) is 44.0 Å². The molecule has 2 N–H and O–H groups in total. The molecule has 4 nitrogen and oxygen atoms in total. The van der Waals surface area contributed by atoms with Crippen molar-refractivity contribution < 1.29 is 9.47 Å². The van der Waals surface area contributed by atoms with Gasteiger partial charge in [-0.3, -0.25) is 4.90 Å². The molecule has 2 aromatic rings. The molecule has 2 aliphatic rings. The van der Waals surface area contributed by atoms with Crippen LogP contribution in [0.4, 0.5) is 0 Å². The number of ether oxygens (including phenoxy) is 2. The maximum atomic E-state index is 6.56. The normalized spacial score (nSPS) is 26.1. The average molecular weight is 409 g/mol. The highest BCUT2D eigenvalue weighted by Crippen LogP contribution is 2.47. The van der Waals surface area contributed by atoms with Gasteiger partial charge in [-0.25, -0.2) is 0 Å². The van der Waals surface area contributed by atoms with Gasteiger partial charge in [-0.05, 0) is 55.9 Å². The molecule has 0 amide bonds. The minimum absolute atomic E-state index is 0.00793. The fourth-order valence-corrected chi connectivity index (χ4v) is 5.22. The van der Waals surface area contributed by atoms with E-state index in [-0.39, 0.29) is 11.5 Å². The fraction of sp³-hybridized carbons (Fsp3) is 0.538. The number of methoxy groups -OCH3 is 1. The topological polar surface area (TPSA) is 47.7 Å². The van der Waals surface area contributed by atoms with Gasteiger partial charge in [-0.1, -0.05) is 43.3 Å². The summed E-state index contributed by atoms with van der Waals surface area (Å²) in [5.74, 6) is 2.07. The molecule has 1 heterocycles. The van der Waals surface area contributed by atoms with Crippen molar-refractivity contribution in [3.8, 4) is 11.5 Å². The summed E-state index contributed by atoms with van der Waals surface area (Å²) in [6, 6.07) is 17.3. The standard InChI is InChI=1S/C26H36N2O2/c1-19(27)26(2)18-28(16-20-9-5-4-6-10-20)17-23(26)21-13-14-24(29-3)25(15-21)30-22-11-7-8-12-22/h4-6,9-10,13-15,19,22-23H,7-8,11-12,16-18,27H2,1-3H3/t19?,23-,26-/m0/s1. The zero-order valence-corrected chi connectivity index (χ0v) is 18.6. The number of rotatable bonds is 7. The fourth-order valence-electron chi connectivity index (χ4n) is 5.22. The molecule has 4 heteroatoms. The van der Waals surface area contributed by atoms with Crippen molar-refractivity contribution >= 4 is 0 Å². The van der Waals surface area contributed by atoms with Crippen molar-refractivity contribution in [1.82, 2.24) is 4.90 Å². The van der Waals surface area contributed by atoms with E-state index in [4.69, 9.17) is 15.2 Å². The summed E-state index contributed by atoms with van der Waals surface area (Å²) < 4.78 is 12.0. The lowest BCUT2D eigenvalue weighted by atomic mass is 9.71. The number of nitrogens with zero attached hydrogens (tertiary/aromatic N) is 1. The van der Waals surface area contributed by atoms with E-state index in [2.05, 4.69) is 67.3 Å². The first-order valence-electron chi connectivity index (χ1n) is 11.4. The lowest BCUT2D eigenvalue weighted by molar-refractivity contribution is 0.199. The molecule has 162 valence electrons. The van der Waals surface area contributed by atoms with E-state index in [9.17, 15) is 0 Å². The largest absolute Gasteiger partial charge is 0.493 e. The molecule has 0 aromatic heterocycles. The van der Waals surface area contributed by atoms with Crippen LogP contribution in [0.15, 0.2) is 48.5 Å². The van der Waals surface area contributed by atoms with Crippen LogP contribution in [0.2, 0.25) is 0 Å². The van der Waals surface area contributed by atoms with E-state index in [0.29, 0.717) is 12.0 Å². The van der Waals surface area contributed by atoms with Gasteiger partial charge in [-0.15, -0.1) is 0 Å². The summed E-state index contributed by atoms with van der Waals surface area (Å²) >= 11 is 0. The van der Waals surface area contributed by atoms with Crippen LogP contribution >= 0.6 is 0 Å². The first kappa shape index (κ1) is 21.2. The van der Waals surface area contributed by atoms with Gasteiger partial charge in [0.1, 0.15) is 0 Å². The molecule has 4 rings (SSSR count). The van der Waals surface area contributed by atoms with Crippen LogP contribution in [-0.4, -0.2) is 37.2 Å². The Bertz CT molecular complexity index is 832. The van der Waals surface area contributed by atoms with Gasteiger partial charge < -0.3 is 15.2 Å². The molecule has 1 aliphatic heterocycles. The van der Waals surface area contributed by atoms with Gasteiger partial charge >= 0.3 is 0 Å². The van der Waals surface area contributed by atoms with Crippen molar-refractivity contribution in [3.63, 3.8) is 0 Å². The van der Waals surface area contributed by atoms with E-state index in [1.807, 2.05) is 0 Å². The maximum absolute atomic E-state index is 6.56. The van der Waals surface area contributed by atoms with E-state index in [1.165, 1.54) is 24.0 Å². The summed E-state index contributed by atoms with van der Waals surface area (Å²) in [5.41, 5.74) is 9.22. The van der Waals surface area contributed by atoms with Gasteiger partial charge in [0.05, 0.1) is 13.2 Å². The molecule has 3 atom stereocenters. The third-order valence-corrected chi connectivity index (χ3v) is 7.28. The van der Waals surface area contributed by atoms with E-state index in [1.54, 1.807) is 7.11 Å². The van der Waals surface area contributed by atoms with Crippen molar-refractivity contribution in [1.29, 1.82) is 0 Å². The first-order chi connectivity index (χ1) is 14.5. The number of likely N-dealkylation sites (tertiary alicyclic amines) is 1. The Balaban J connectivity index is 1.59. The van der Waals surface area contributed by atoms with Gasteiger partial charge in [0.15, 0.2) is 11.5 Å². The summed E-state index contributed by atoms with van der Waals surface area (Å²) in [7, 11) is 1.72. The van der Waals surface area contributed by atoms with Crippen molar-refractivity contribution in [2.45, 2.75) is 64.1 Å². The average Bonchev–Trinajstić information content (AvgIpc) is 3.37. The van der Waals surface area contributed by atoms with Gasteiger partial charge in [0.2, 0.25) is 0 Å². The van der Waals surface area contributed by atoms with Crippen molar-refractivity contribution in [3.05, 3.63) is 59.7 Å². The van der Waals surface area contributed by atoms with Gasteiger partial charge in [0.25, 0.3) is 0 Å². The maximum Gasteiger partial charge on any atom is 0.161 e. The molecule has 1 aliphatic carbocycles. The van der Waals surface area contributed by atoms with Crippen LogP contribution in [0, 0.1) is 5.41 Å². The van der Waals surface area contributed by atoms with Crippen LogP contribution in [0.5, 0.6) is 11.5 Å². The Morgan fingerprint density at radius 3 is 2.50 bits per heavy atom. The van der Waals surface area contributed by atoms with E-state index < -0.39 is 0 Å². The second-order valence-electron chi connectivity index (χ2n) is 9.44. The number of nitrogens with two attached hydrogens (primary N) is 1. The Morgan fingerprint density at radius 2 is 1.83 bits per heavy atom. The number of hydrogen-bond acceptors (Lipinski definition) is 4. The molecule has 30 heavy (non-hydrogen) atoms. The van der Waals surface area contributed by atoms with Crippen LogP contribution in [0.25, 0.3) is 0 Å². The smallest absolute Gasteiger partial charge is 0.161 e. The molecule has 1 saturated heterocycles. The highest BCUT2D eigenvalue weighted by atomic mass is 16.5. The highest BCUT2D eigenvalue weighted by Gasteiger charge is 2.46. The molecular formula is C26H36N2O2. The van der Waals surface area contributed by atoms with Crippen LogP contribution in [0.1, 0.15) is 56.6 Å². The Morgan fingerprint density at radius 1 is 1.10 bits per heavy atom. The predicted octanol–water partition coefficient (Wildman–Crippen LogP) is 4.97. The monoisotopic (exact) mass is 408 g/mol. The molecule has 1 unspecified atom stereocenters. The SMILES string of the molecule is COc1ccc([C@@H]2CN(Cc3ccccc3)C[C@@]2(C)C(C)N)cc1OC1CCCC1. The van der Waals surface area contributed by atoms with Crippen LogP contribution in [0.3, 0.4) is 0 Å². The van der Waals surface area contributed by atoms with Gasteiger partial charge in [-0.2, -0.15) is 0 Å². The summed E-state index contributed by atoms with van der Waals surface area (Å²) in [4.78, 5) is 2.55. The third kappa shape index (κ3) is 4.35. The van der Waals surface area contributed by atoms with Crippen molar-refractivity contribution in [2.24, 2.45) is 11.1 Å². The van der Waals surface area contributed by atoms with Crippen molar-refractivity contribution in [2.75, 3.05) is 20.2 Å². The summed E-state index contributed by atoms with van der Waals surface area (Å²) in [6.07, 6.45) is 5.10. The molecule has 2 aromatic carbocycles. The zero-order chi connectivity index (χ0) is 21.1. The number of benzene rings is 2. The minimum atomic E-state index is 0.00793. The van der Waals surface area contributed by atoms with Gasteiger partial charge in [0, 0.05) is 37.0 Å². The molecule has 0 bridgehead atoms. The quantitative estimate of drug-likeness (QED) is 0.703.